The lowest BCUT2D eigenvalue weighted by atomic mass is 9.96. The summed E-state index contributed by atoms with van der Waals surface area (Å²) in [5.74, 6) is 0.665. The summed E-state index contributed by atoms with van der Waals surface area (Å²) in [6.45, 7) is 6.44. The summed E-state index contributed by atoms with van der Waals surface area (Å²) in [6, 6.07) is 5.76. The van der Waals surface area contributed by atoms with Gasteiger partial charge in [-0.2, -0.15) is 0 Å². The Morgan fingerprint density at radius 3 is 3.04 bits per heavy atom. The molecule has 2 aromatic rings. The number of amides is 1. The summed E-state index contributed by atoms with van der Waals surface area (Å²) in [6.07, 6.45) is 3.93. The maximum Gasteiger partial charge on any atom is 0.256 e. The predicted molar refractivity (Wildman–Crippen MR) is 92.0 cm³/mol. The van der Waals surface area contributed by atoms with Crippen LogP contribution in [0.3, 0.4) is 0 Å². The molecule has 0 spiro atoms. The molecular formula is C18H24N4O2. The number of hydrogen-bond donors (Lipinski definition) is 1. The fourth-order valence-electron chi connectivity index (χ4n) is 3.86. The Morgan fingerprint density at radius 1 is 1.29 bits per heavy atom. The molecule has 0 aliphatic carbocycles. The third kappa shape index (κ3) is 3.16. The third-order valence-electron chi connectivity index (χ3n) is 5.11. The van der Waals surface area contributed by atoms with Gasteiger partial charge < -0.3 is 14.6 Å². The molecule has 24 heavy (non-hydrogen) atoms. The Labute approximate surface area is 141 Å². The van der Waals surface area contributed by atoms with Gasteiger partial charge in [0.1, 0.15) is 5.52 Å². The van der Waals surface area contributed by atoms with Crippen LogP contribution < -0.4 is 0 Å². The van der Waals surface area contributed by atoms with Gasteiger partial charge in [-0.15, -0.1) is 0 Å². The van der Waals surface area contributed by atoms with Gasteiger partial charge in [-0.05, 0) is 30.9 Å². The number of aromatic amines is 1. The van der Waals surface area contributed by atoms with Gasteiger partial charge in [0.05, 0.1) is 30.6 Å². The molecule has 2 aliphatic rings. The summed E-state index contributed by atoms with van der Waals surface area (Å²) in [7, 11) is 0. The normalized spacial score (nSPS) is 22.8. The number of fused-ring (bicyclic) bond motifs is 1. The standard InChI is InChI=1S/C18H24N4O2/c23-18(15-4-1-5-16-17(15)20-13-19-16)22-6-2-3-14(12-22)11-21-7-9-24-10-8-21/h1,4-5,13-14H,2-3,6-12H2,(H,19,20). The summed E-state index contributed by atoms with van der Waals surface area (Å²) >= 11 is 0. The highest BCUT2D eigenvalue weighted by molar-refractivity contribution is 6.04. The van der Waals surface area contributed by atoms with Gasteiger partial charge in [0, 0.05) is 32.7 Å². The van der Waals surface area contributed by atoms with Crippen LogP contribution in [0.15, 0.2) is 24.5 Å². The number of carbonyl (C=O) groups is 1. The quantitative estimate of drug-likeness (QED) is 0.932. The molecule has 128 valence electrons. The maximum atomic E-state index is 13.0. The van der Waals surface area contributed by atoms with Crippen molar-refractivity contribution in [3.63, 3.8) is 0 Å². The van der Waals surface area contributed by atoms with E-state index in [0.717, 1.165) is 63.4 Å². The second-order valence-electron chi connectivity index (χ2n) is 6.78. The van der Waals surface area contributed by atoms with Crippen molar-refractivity contribution in [1.82, 2.24) is 19.8 Å². The predicted octanol–water partition coefficient (Wildman–Crippen LogP) is 1.75. The minimum absolute atomic E-state index is 0.111. The molecule has 2 fully saturated rings. The van der Waals surface area contributed by atoms with Crippen LogP contribution in [0, 0.1) is 5.92 Å². The number of H-pyrrole nitrogens is 1. The Kier molecular flexibility index (Phi) is 4.49. The smallest absolute Gasteiger partial charge is 0.256 e. The molecule has 2 saturated heterocycles. The Bertz CT molecular complexity index is 708. The van der Waals surface area contributed by atoms with Gasteiger partial charge in [0.25, 0.3) is 5.91 Å². The minimum atomic E-state index is 0.111. The minimum Gasteiger partial charge on any atom is -0.379 e. The van der Waals surface area contributed by atoms with E-state index in [-0.39, 0.29) is 5.91 Å². The molecule has 6 nitrogen and oxygen atoms in total. The van der Waals surface area contributed by atoms with Crippen LogP contribution in [0.25, 0.3) is 11.0 Å². The van der Waals surface area contributed by atoms with E-state index in [2.05, 4.69) is 14.9 Å². The topological polar surface area (TPSA) is 61.5 Å². The van der Waals surface area contributed by atoms with Gasteiger partial charge in [-0.1, -0.05) is 6.07 Å². The first kappa shape index (κ1) is 15.6. The van der Waals surface area contributed by atoms with Crippen molar-refractivity contribution in [3.05, 3.63) is 30.1 Å². The second kappa shape index (κ2) is 6.91. The van der Waals surface area contributed by atoms with Crippen LogP contribution in [0.2, 0.25) is 0 Å². The summed E-state index contributed by atoms with van der Waals surface area (Å²) in [5.41, 5.74) is 2.40. The van der Waals surface area contributed by atoms with E-state index in [1.54, 1.807) is 6.33 Å². The molecule has 1 atom stereocenters. The van der Waals surface area contributed by atoms with Crippen molar-refractivity contribution in [3.8, 4) is 0 Å². The molecule has 1 aromatic heterocycles. The number of para-hydroxylation sites is 1. The molecule has 3 heterocycles. The zero-order valence-electron chi connectivity index (χ0n) is 13.9. The van der Waals surface area contributed by atoms with Gasteiger partial charge in [0.2, 0.25) is 0 Å². The molecule has 1 N–H and O–H groups in total. The van der Waals surface area contributed by atoms with E-state index in [1.807, 2.05) is 23.1 Å². The Morgan fingerprint density at radius 2 is 2.17 bits per heavy atom. The molecule has 0 saturated carbocycles. The number of aromatic nitrogens is 2. The summed E-state index contributed by atoms with van der Waals surface area (Å²) in [5, 5.41) is 0. The van der Waals surface area contributed by atoms with Crippen molar-refractivity contribution < 1.29 is 9.53 Å². The number of nitrogens with zero attached hydrogens (tertiary/aromatic N) is 3. The number of nitrogens with one attached hydrogen (secondary N) is 1. The summed E-state index contributed by atoms with van der Waals surface area (Å²) in [4.78, 5) is 24.9. The van der Waals surface area contributed by atoms with Crippen LogP contribution in [-0.4, -0.2) is 71.6 Å². The van der Waals surface area contributed by atoms with Gasteiger partial charge in [-0.3, -0.25) is 9.69 Å². The molecule has 0 radical (unpaired) electrons. The summed E-state index contributed by atoms with van der Waals surface area (Å²) < 4.78 is 5.42. The molecule has 0 bridgehead atoms. The van der Waals surface area contributed by atoms with Crippen molar-refractivity contribution in [2.24, 2.45) is 5.92 Å². The molecule has 4 rings (SSSR count). The average molecular weight is 328 g/mol. The molecule has 6 heteroatoms. The number of hydrogen-bond acceptors (Lipinski definition) is 4. The fourth-order valence-corrected chi connectivity index (χ4v) is 3.86. The number of rotatable bonds is 3. The van der Waals surface area contributed by atoms with Crippen LogP contribution in [0.4, 0.5) is 0 Å². The second-order valence-corrected chi connectivity index (χ2v) is 6.78. The number of ether oxygens (including phenoxy) is 1. The number of benzene rings is 1. The lowest BCUT2D eigenvalue weighted by Gasteiger charge is -2.36. The van der Waals surface area contributed by atoms with Gasteiger partial charge in [-0.25, -0.2) is 4.98 Å². The highest BCUT2D eigenvalue weighted by Crippen LogP contribution is 2.22. The molecular weight excluding hydrogens is 304 g/mol. The van der Waals surface area contributed by atoms with Crippen LogP contribution in [0.1, 0.15) is 23.2 Å². The first-order chi connectivity index (χ1) is 11.8. The highest BCUT2D eigenvalue weighted by atomic mass is 16.5. The first-order valence-corrected chi connectivity index (χ1v) is 8.83. The zero-order chi connectivity index (χ0) is 16.4. The SMILES string of the molecule is O=C(c1cccc2[nH]cnc12)N1CCCC(CN2CCOCC2)C1. The molecule has 1 aromatic carbocycles. The largest absolute Gasteiger partial charge is 0.379 e. The van der Waals surface area contributed by atoms with Crippen LogP contribution >= 0.6 is 0 Å². The molecule has 2 aliphatic heterocycles. The number of imidazole rings is 1. The van der Waals surface area contributed by atoms with Crippen molar-refractivity contribution in [1.29, 1.82) is 0 Å². The zero-order valence-corrected chi connectivity index (χ0v) is 13.9. The lowest BCUT2D eigenvalue weighted by molar-refractivity contribution is 0.0224. The van der Waals surface area contributed by atoms with E-state index in [4.69, 9.17) is 4.74 Å². The van der Waals surface area contributed by atoms with E-state index in [1.165, 1.54) is 6.42 Å². The van der Waals surface area contributed by atoms with Crippen LogP contribution in [0.5, 0.6) is 0 Å². The number of likely N-dealkylation sites (tertiary alicyclic amines) is 1. The van der Waals surface area contributed by atoms with E-state index in [9.17, 15) is 4.79 Å². The molecule has 1 unspecified atom stereocenters. The van der Waals surface area contributed by atoms with Gasteiger partial charge >= 0.3 is 0 Å². The Balaban J connectivity index is 1.45. The Hall–Kier alpha value is -1.92. The van der Waals surface area contributed by atoms with E-state index >= 15 is 0 Å². The van der Waals surface area contributed by atoms with Crippen molar-refractivity contribution >= 4 is 16.9 Å². The van der Waals surface area contributed by atoms with E-state index < -0.39 is 0 Å². The highest BCUT2D eigenvalue weighted by Gasteiger charge is 2.27. The lowest BCUT2D eigenvalue weighted by Crippen LogP contribution is -2.46. The number of morpholine rings is 1. The van der Waals surface area contributed by atoms with Crippen LogP contribution in [-0.2, 0) is 4.74 Å². The average Bonchev–Trinajstić information content (AvgIpc) is 3.11. The number of carbonyl (C=O) groups excluding carboxylic acids is 1. The first-order valence-electron chi connectivity index (χ1n) is 8.83. The van der Waals surface area contributed by atoms with Crippen molar-refractivity contribution in [2.75, 3.05) is 45.9 Å². The monoisotopic (exact) mass is 328 g/mol. The van der Waals surface area contributed by atoms with Gasteiger partial charge in [0.15, 0.2) is 0 Å². The van der Waals surface area contributed by atoms with Crippen molar-refractivity contribution in [2.45, 2.75) is 12.8 Å². The van der Waals surface area contributed by atoms with E-state index in [0.29, 0.717) is 11.5 Å². The third-order valence-corrected chi connectivity index (χ3v) is 5.11. The maximum absolute atomic E-state index is 13.0. The molecule has 1 amide bonds. The fraction of sp³-hybridized carbons (Fsp3) is 0.556. The number of piperidine rings is 1.